The number of benzene rings is 2. The van der Waals surface area contributed by atoms with Gasteiger partial charge in [-0.05, 0) is 36.6 Å². The van der Waals surface area contributed by atoms with Gasteiger partial charge in [-0.2, -0.15) is 0 Å². The first kappa shape index (κ1) is 22.2. The Morgan fingerprint density at radius 1 is 1.04 bits per heavy atom. The molecule has 0 aliphatic heterocycles. The lowest BCUT2D eigenvalue weighted by Gasteiger charge is -2.13. The molecule has 0 aliphatic carbocycles. The summed E-state index contributed by atoms with van der Waals surface area (Å²) in [5.74, 6) is 0.484. The van der Waals surface area contributed by atoms with Crippen LogP contribution < -0.4 is 15.5 Å². The number of anilines is 1. The van der Waals surface area contributed by atoms with E-state index in [0.29, 0.717) is 18.1 Å². The largest absolute Gasteiger partial charge is 0.378 e. The summed E-state index contributed by atoms with van der Waals surface area (Å²) in [5.41, 5.74) is 3.16. The minimum atomic E-state index is -0.202. The van der Waals surface area contributed by atoms with E-state index in [1.165, 1.54) is 17.3 Å². The Morgan fingerprint density at radius 3 is 2.35 bits per heavy atom. The SMILES string of the molecule is CN=C(NCCCc1ccc(N(C)C)cc1)NCc1ccccc1F.I. The van der Waals surface area contributed by atoms with E-state index in [0.717, 1.165) is 19.4 Å². The molecular weight excluding hydrogens is 442 g/mol. The molecule has 6 heteroatoms. The molecule has 2 N–H and O–H groups in total. The number of aliphatic imine (C=N–C) groups is 1. The first-order chi connectivity index (χ1) is 12.1. The monoisotopic (exact) mass is 470 g/mol. The van der Waals surface area contributed by atoms with E-state index >= 15 is 0 Å². The summed E-state index contributed by atoms with van der Waals surface area (Å²) in [6.07, 6.45) is 2.01. The van der Waals surface area contributed by atoms with E-state index in [2.05, 4.69) is 44.8 Å². The van der Waals surface area contributed by atoms with Crippen LogP contribution in [0.1, 0.15) is 17.5 Å². The van der Waals surface area contributed by atoms with E-state index in [-0.39, 0.29) is 29.8 Å². The fourth-order valence-electron chi connectivity index (χ4n) is 2.50. The third-order valence-corrected chi connectivity index (χ3v) is 4.02. The van der Waals surface area contributed by atoms with Crippen molar-refractivity contribution in [2.45, 2.75) is 19.4 Å². The van der Waals surface area contributed by atoms with Crippen molar-refractivity contribution in [1.82, 2.24) is 10.6 Å². The second-order valence-corrected chi connectivity index (χ2v) is 6.11. The molecule has 0 fully saturated rings. The minimum Gasteiger partial charge on any atom is -0.378 e. The first-order valence-electron chi connectivity index (χ1n) is 8.54. The third kappa shape index (κ3) is 7.19. The topological polar surface area (TPSA) is 39.7 Å². The number of aryl methyl sites for hydroxylation is 1. The zero-order valence-corrected chi connectivity index (χ0v) is 18.0. The lowest BCUT2D eigenvalue weighted by molar-refractivity contribution is 0.604. The van der Waals surface area contributed by atoms with Crippen LogP contribution >= 0.6 is 24.0 Å². The Labute approximate surface area is 172 Å². The van der Waals surface area contributed by atoms with E-state index < -0.39 is 0 Å². The minimum absolute atomic E-state index is 0. The van der Waals surface area contributed by atoms with Crippen molar-refractivity contribution in [3.8, 4) is 0 Å². The number of nitrogens with zero attached hydrogens (tertiary/aromatic N) is 2. The van der Waals surface area contributed by atoms with Crippen LogP contribution in [0.2, 0.25) is 0 Å². The lowest BCUT2D eigenvalue weighted by atomic mass is 10.1. The van der Waals surface area contributed by atoms with Crippen LogP contribution in [0.3, 0.4) is 0 Å². The lowest BCUT2D eigenvalue weighted by Crippen LogP contribution is -2.37. The van der Waals surface area contributed by atoms with E-state index in [1.807, 2.05) is 20.2 Å². The number of halogens is 2. The van der Waals surface area contributed by atoms with Gasteiger partial charge in [-0.15, -0.1) is 24.0 Å². The van der Waals surface area contributed by atoms with Crippen LogP contribution in [0.4, 0.5) is 10.1 Å². The van der Waals surface area contributed by atoms with Gasteiger partial charge in [0.1, 0.15) is 5.82 Å². The first-order valence-corrected chi connectivity index (χ1v) is 8.54. The van der Waals surface area contributed by atoms with Crippen molar-refractivity contribution >= 4 is 35.6 Å². The molecule has 0 saturated carbocycles. The maximum atomic E-state index is 13.6. The van der Waals surface area contributed by atoms with Crippen LogP contribution in [0.5, 0.6) is 0 Å². The van der Waals surface area contributed by atoms with Crippen LogP contribution in [-0.4, -0.2) is 33.6 Å². The molecule has 0 bridgehead atoms. The molecule has 0 unspecified atom stereocenters. The van der Waals surface area contributed by atoms with Crippen molar-refractivity contribution in [1.29, 1.82) is 0 Å². The molecule has 26 heavy (non-hydrogen) atoms. The molecule has 0 saturated heterocycles. The summed E-state index contributed by atoms with van der Waals surface area (Å²) in [4.78, 5) is 6.27. The van der Waals surface area contributed by atoms with Gasteiger partial charge in [-0.1, -0.05) is 30.3 Å². The predicted octanol–water partition coefficient (Wildman–Crippen LogP) is 3.81. The standard InChI is InChI=1S/C20H27FN4.HI/c1-22-20(24-15-17-8-4-5-9-19(17)21)23-14-6-7-16-10-12-18(13-11-16)25(2)3;/h4-5,8-13H,6-7,14-15H2,1-3H3,(H2,22,23,24);1H. The smallest absolute Gasteiger partial charge is 0.191 e. The van der Waals surface area contributed by atoms with Gasteiger partial charge in [0.05, 0.1) is 0 Å². The van der Waals surface area contributed by atoms with Crippen molar-refractivity contribution in [2.75, 3.05) is 32.6 Å². The molecule has 2 rings (SSSR count). The molecule has 2 aromatic rings. The van der Waals surface area contributed by atoms with Gasteiger partial charge in [0.15, 0.2) is 5.96 Å². The Hall–Kier alpha value is -1.83. The van der Waals surface area contributed by atoms with Crippen LogP contribution in [0, 0.1) is 5.82 Å². The highest BCUT2D eigenvalue weighted by Gasteiger charge is 2.02. The molecule has 0 aromatic heterocycles. The van der Waals surface area contributed by atoms with E-state index in [1.54, 1.807) is 19.2 Å². The average Bonchev–Trinajstić information content (AvgIpc) is 2.62. The average molecular weight is 470 g/mol. The Bertz CT molecular complexity index is 686. The fourth-order valence-corrected chi connectivity index (χ4v) is 2.50. The Morgan fingerprint density at radius 2 is 1.73 bits per heavy atom. The van der Waals surface area contributed by atoms with Gasteiger partial charge >= 0.3 is 0 Å². The number of nitrogens with one attached hydrogen (secondary N) is 2. The van der Waals surface area contributed by atoms with Gasteiger partial charge in [0.2, 0.25) is 0 Å². The second-order valence-electron chi connectivity index (χ2n) is 6.11. The summed E-state index contributed by atoms with van der Waals surface area (Å²) in [6, 6.07) is 15.4. The van der Waals surface area contributed by atoms with Crippen molar-refractivity contribution in [2.24, 2.45) is 4.99 Å². The molecular formula is C20H28FIN4. The molecule has 0 atom stereocenters. The van der Waals surface area contributed by atoms with Gasteiger partial charge in [0.25, 0.3) is 0 Å². The number of hydrogen-bond acceptors (Lipinski definition) is 2. The highest BCUT2D eigenvalue weighted by Crippen LogP contribution is 2.13. The Kier molecular flexibility index (Phi) is 10.0. The number of guanidine groups is 1. The molecule has 0 radical (unpaired) electrons. The third-order valence-electron chi connectivity index (χ3n) is 4.02. The summed E-state index contributed by atoms with van der Waals surface area (Å²) in [6.45, 7) is 1.23. The van der Waals surface area contributed by atoms with Crippen LogP contribution in [0.25, 0.3) is 0 Å². The molecule has 0 aliphatic rings. The number of rotatable bonds is 7. The summed E-state index contributed by atoms with van der Waals surface area (Å²) in [5, 5.41) is 6.41. The summed E-state index contributed by atoms with van der Waals surface area (Å²) >= 11 is 0. The van der Waals surface area contributed by atoms with Crippen molar-refractivity contribution < 1.29 is 4.39 Å². The maximum Gasteiger partial charge on any atom is 0.191 e. The van der Waals surface area contributed by atoms with Crippen LogP contribution in [0.15, 0.2) is 53.5 Å². The van der Waals surface area contributed by atoms with Crippen molar-refractivity contribution in [3.05, 3.63) is 65.5 Å². The van der Waals surface area contributed by atoms with E-state index in [9.17, 15) is 4.39 Å². The predicted molar refractivity (Wildman–Crippen MR) is 119 cm³/mol. The highest BCUT2D eigenvalue weighted by atomic mass is 127. The highest BCUT2D eigenvalue weighted by molar-refractivity contribution is 14.0. The summed E-state index contributed by atoms with van der Waals surface area (Å²) < 4.78 is 13.6. The zero-order chi connectivity index (χ0) is 18.1. The van der Waals surface area contributed by atoms with Crippen LogP contribution in [-0.2, 0) is 13.0 Å². The van der Waals surface area contributed by atoms with Crippen molar-refractivity contribution in [3.63, 3.8) is 0 Å². The quantitative estimate of drug-likeness (QED) is 0.280. The molecule has 0 spiro atoms. The molecule has 4 nitrogen and oxygen atoms in total. The van der Waals surface area contributed by atoms with E-state index in [4.69, 9.17) is 0 Å². The second kappa shape index (κ2) is 11.7. The fraction of sp³-hybridized carbons (Fsp3) is 0.350. The maximum absolute atomic E-state index is 13.6. The van der Waals surface area contributed by atoms with Gasteiger partial charge in [-0.3, -0.25) is 4.99 Å². The van der Waals surface area contributed by atoms with Gasteiger partial charge < -0.3 is 15.5 Å². The normalized spacial score (nSPS) is 10.8. The van der Waals surface area contributed by atoms with Gasteiger partial charge in [0, 0.05) is 45.5 Å². The molecule has 0 heterocycles. The molecule has 142 valence electrons. The van der Waals surface area contributed by atoms with Gasteiger partial charge in [-0.25, -0.2) is 4.39 Å². The summed E-state index contributed by atoms with van der Waals surface area (Å²) in [7, 11) is 5.80. The molecule has 0 amide bonds. The Balaban J connectivity index is 0.00000338. The molecule has 2 aromatic carbocycles. The number of hydrogen-bond donors (Lipinski definition) is 2. The zero-order valence-electron chi connectivity index (χ0n) is 15.6.